The van der Waals surface area contributed by atoms with E-state index in [1.165, 1.54) is 0 Å². The van der Waals surface area contributed by atoms with Gasteiger partial charge in [-0.05, 0) is 35.7 Å². The van der Waals surface area contributed by atoms with Crippen LogP contribution in [0.3, 0.4) is 0 Å². The molecule has 1 N–H and O–H groups in total. The molecule has 5 nitrogen and oxygen atoms in total. The number of amides is 1. The minimum atomic E-state index is -0.383. The first-order chi connectivity index (χ1) is 14.6. The van der Waals surface area contributed by atoms with Gasteiger partial charge in [0.15, 0.2) is 17.3 Å². The van der Waals surface area contributed by atoms with E-state index in [9.17, 15) is 9.90 Å². The van der Waals surface area contributed by atoms with E-state index in [-0.39, 0.29) is 24.5 Å². The van der Waals surface area contributed by atoms with Gasteiger partial charge in [0.1, 0.15) is 0 Å². The fourth-order valence-electron chi connectivity index (χ4n) is 4.06. The number of carbonyl (C=O) groups is 1. The van der Waals surface area contributed by atoms with Crippen molar-refractivity contribution in [1.82, 2.24) is 4.90 Å². The standard InChI is InChI=1S/C25H21NO4/c1-16-7-10-18(11-8-16)22-23(19-5-3-2-4-6-19)26(25(28)24(22)27)14-17-9-12-20-21(13-17)30-15-29-20/h2-13,23,27H,14-15H2,1H3. The van der Waals surface area contributed by atoms with Crippen LogP contribution < -0.4 is 9.47 Å². The van der Waals surface area contributed by atoms with Crippen LogP contribution in [-0.2, 0) is 11.3 Å². The van der Waals surface area contributed by atoms with Crippen LogP contribution in [0.4, 0.5) is 0 Å². The van der Waals surface area contributed by atoms with Gasteiger partial charge in [0.2, 0.25) is 6.79 Å². The van der Waals surface area contributed by atoms with Gasteiger partial charge in [-0.15, -0.1) is 0 Å². The number of carbonyl (C=O) groups excluding carboxylic acids is 1. The van der Waals surface area contributed by atoms with Crippen molar-refractivity contribution in [1.29, 1.82) is 0 Å². The minimum absolute atomic E-state index is 0.201. The molecule has 5 rings (SSSR count). The summed E-state index contributed by atoms with van der Waals surface area (Å²) in [6, 6.07) is 23.0. The number of nitrogens with zero attached hydrogens (tertiary/aromatic N) is 1. The summed E-state index contributed by atoms with van der Waals surface area (Å²) in [5.74, 6) is 0.796. The van der Waals surface area contributed by atoms with E-state index < -0.39 is 0 Å². The predicted molar refractivity (Wildman–Crippen MR) is 113 cm³/mol. The molecule has 1 unspecified atom stereocenters. The molecule has 3 aromatic carbocycles. The summed E-state index contributed by atoms with van der Waals surface area (Å²) in [6.07, 6.45) is 0. The number of rotatable bonds is 4. The van der Waals surface area contributed by atoms with Gasteiger partial charge in [-0.25, -0.2) is 0 Å². The lowest BCUT2D eigenvalue weighted by Crippen LogP contribution is -2.29. The normalized spacial score (nSPS) is 17.7. The van der Waals surface area contributed by atoms with Gasteiger partial charge in [-0.1, -0.05) is 66.2 Å². The molecule has 0 fully saturated rings. The number of aliphatic hydroxyl groups excluding tert-OH is 1. The molecule has 1 atom stereocenters. The maximum atomic E-state index is 13.1. The molecule has 0 saturated heterocycles. The minimum Gasteiger partial charge on any atom is -0.503 e. The van der Waals surface area contributed by atoms with Crippen molar-refractivity contribution in [3.63, 3.8) is 0 Å². The summed E-state index contributed by atoms with van der Waals surface area (Å²) in [4.78, 5) is 14.8. The average molecular weight is 399 g/mol. The molecule has 0 aromatic heterocycles. The second kappa shape index (κ2) is 7.26. The smallest absolute Gasteiger partial charge is 0.290 e. The van der Waals surface area contributed by atoms with E-state index >= 15 is 0 Å². The summed E-state index contributed by atoms with van der Waals surface area (Å²) in [5.41, 5.74) is 4.45. The highest BCUT2D eigenvalue weighted by Gasteiger charge is 2.41. The van der Waals surface area contributed by atoms with Crippen LogP contribution in [0.5, 0.6) is 11.5 Å². The zero-order chi connectivity index (χ0) is 20.7. The summed E-state index contributed by atoms with van der Waals surface area (Å²) in [6.45, 7) is 2.56. The van der Waals surface area contributed by atoms with Crippen molar-refractivity contribution in [3.8, 4) is 11.5 Å². The first kappa shape index (κ1) is 18.3. The zero-order valence-corrected chi connectivity index (χ0v) is 16.5. The third kappa shape index (κ3) is 3.08. The number of ether oxygens (including phenoxy) is 2. The topological polar surface area (TPSA) is 59.0 Å². The molecule has 1 amide bonds. The Balaban J connectivity index is 1.56. The highest BCUT2D eigenvalue weighted by Crippen LogP contribution is 2.44. The molecular weight excluding hydrogens is 378 g/mol. The predicted octanol–water partition coefficient (Wildman–Crippen LogP) is 4.78. The summed E-state index contributed by atoms with van der Waals surface area (Å²) in [7, 11) is 0. The van der Waals surface area contributed by atoms with Crippen molar-refractivity contribution in [2.75, 3.05) is 6.79 Å². The van der Waals surface area contributed by atoms with Crippen LogP contribution in [0.2, 0.25) is 0 Å². The van der Waals surface area contributed by atoms with Gasteiger partial charge in [-0.3, -0.25) is 4.79 Å². The van der Waals surface area contributed by atoms with Crippen molar-refractivity contribution in [2.24, 2.45) is 0 Å². The van der Waals surface area contributed by atoms with Crippen LogP contribution in [0.1, 0.15) is 28.3 Å². The maximum absolute atomic E-state index is 13.1. The van der Waals surface area contributed by atoms with Gasteiger partial charge in [0.05, 0.1) is 6.04 Å². The maximum Gasteiger partial charge on any atom is 0.290 e. The molecule has 2 heterocycles. The Bertz CT molecular complexity index is 1140. The number of aliphatic hydroxyl groups is 1. The number of hydrogen-bond donors (Lipinski definition) is 1. The first-order valence-electron chi connectivity index (χ1n) is 9.86. The molecule has 150 valence electrons. The van der Waals surface area contributed by atoms with Gasteiger partial charge >= 0.3 is 0 Å². The molecule has 0 saturated carbocycles. The number of fused-ring (bicyclic) bond motifs is 1. The van der Waals surface area contributed by atoms with Crippen molar-refractivity contribution in [2.45, 2.75) is 19.5 Å². The van der Waals surface area contributed by atoms with Gasteiger partial charge in [-0.2, -0.15) is 0 Å². The van der Waals surface area contributed by atoms with Crippen LogP contribution in [-0.4, -0.2) is 22.7 Å². The molecule has 0 aliphatic carbocycles. The molecule has 0 bridgehead atoms. The summed E-state index contributed by atoms with van der Waals surface area (Å²) < 4.78 is 10.9. The Hall–Kier alpha value is -3.73. The third-order valence-corrected chi connectivity index (χ3v) is 5.57. The van der Waals surface area contributed by atoms with Crippen molar-refractivity contribution < 1.29 is 19.4 Å². The zero-order valence-electron chi connectivity index (χ0n) is 16.5. The average Bonchev–Trinajstić information content (AvgIpc) is 3.33. The van der Waals surface area contributed by atoms with E-state index in [2.05, 4.69) is 0 Å². The molecule has 30 heavy (non-hydrogen) atoms. The van der Waals surface area contributed by atoms with Gasteiger partial charge < -0.3 is 19.5 Å². The van der Waals surface area contributed by atoms with E-state index in [0.717, 1.165) is 22.3 Å². The van der Waals surface area contributed by atoms with E-state index in [4.69, 9.17) is 9.47 Å². The van der Waals surface area contributed by atoms with E-state index in [1.54, 1.807) is 4.90 Å². The SMILES string of the molecule is Cc1ccc(C2=C(O)C(=O)N(Cc3ccc4c(c3)OCO4)C2c2ccccc2)cc1. The lowest BCUT2D eigenvalue weighted by molar-refractivity contribution is -0.130. The lowest BCUT2D eigenvalue weighted by Gasteiger charge is -2.27. The van der Waals surface area contributed by atoms with Crippen molar-refractivity contribution >= 4 is 11.5 Å². The highest BCUT2D eigenvalue weighted by molar-refractivity contribution is 6.05. The Morgan fingerprint density at radius 2 is 1.70 bits per heavy atom. The quantitative estimate of drug-likeness (QED) is 0.686. The van der Waals surface area contributed by atoms with E-state index in [1.807, 2.05) is 79.7 Å². The fourth-order valence-corrected chi connectivity index (χ4v) is 4.06. The Labute approximate surface area is 174 Å². The largest absolute Gasteiger partial charge is 0.503 e. The number of benzene rings is 3. The summed E-state index contributed by atoms with van der Waals surface area (Å²) >= 11 is 0. The fraction of sp³-hybridized carbons (Fsp3) is 0.160. The Kier molecular flexibility index (Phi) is 4.43. The lowest BCUT2D eigenvalue weighted by atomic mass is 9.93. The molecule has 2 aliphatic rings. The van der Waals surface area contributed by atoms with Crippen LogP contribution >= 0.6 is 0 Å². The van der Waals surface area contributed by atoms with Crippen LogP contribution in [0.15, 0.2) is 78.6 Å². The van der Waals surface area contributed by atoms with Crippen LogP contribution in [0, 0.1) is 6.92 Å². The third-order valence-electron chi connectivity index (χ3n) is 5.57. The summed E-state index contributed by atoms with van der Waals surface area (Å²) in [5, 5.41) is 10.9. The van der Waals surface area contributed by atoms with Gasteiger partial charge in [0, 0.05) is 12.1 Å². The van der Waals surface area contributed by atoms with Crippen LogP contribution in [0.25, 0.3) is 5.57 Å². The van der Waals surface area contributed by atoms with Gasteiger partial charge in [0.25, 0.3) is 5.91 Å². The molecule has 2 aliphatic heterocycles. The molecule has 3 aromatic rings. The molecule has 0 spiro atoms. The molecule has 5 heteroatoms. The monoisotopic (exact) mass is 399 g/mol. The Morgan fingerprint density at radius 1 is 0.967 bits per heavy atom. The number of hydrogen-bond acceptors (Lipinski definition) is 4. The number of aryl methyl sites for hydroxylation is 1. The molecule has 0 radical (unpaired) electrons. The second-order valence-electron chi connectivity index (χ2n) is 7.56. The molecular formula is C25H21NO4. The first-order valence-corrected chi connectivity index (χ1v) is 9.86. The van der Waals surface area contributed by atoms with Crippen molar-refractivity contribution in [3.05, 3.63) is 101 Å². The Morgan fingerprint density at radius 3 is 2.47 bits per heavy atom. The second-order valence-corrected chi connectivity index (χ2v) is 7.56. The highest BCUT2D eigenvalue weighted by atomic mass is 16.7. The van der Waals surface area contributed by atoms with E-state index in [0.29, 0.717) is 23.6 Å².